The highest BCUT2D eigenvalue weighted by Gasteiger charge is 2.43. The molecule has 1 saturated heterocycles. The minimum atomic E-state index is -1.62. The fourth-order valence-corrected chi connectivity index (χ4v) is 5.08. The quantitative estimate of drug-likeness (QED) is 0.386. The first kappa shape index (κ1) is 23.7. The molecule has 2 aromatic carbocycles. The Morgan fingerprint density at radius 2 is 2.08 bits per heavy atom. The van der Waals surface area contributed by atoms with Crippen molar-refractivity contribution in [2.75, 3.05) is 13.2 Å². The Morgan fingerprint density at radius 3 is 2.84 bits per heavy atom. The van der Waals surface area contributed by atoms with E-state index in [1.54, 1.807) is 22.9 Å². The molecule has 0 saturated carbocycles. The smallest absolute Gasteiger partial charge is 0.255 e. The number of nitrogens with zero attached hydrogens (tertiary/aromatic N) is 4. The van der Waals surface area contributed by atoms with Crippen LogP contribution in [0.5, 0.6) is 5.75 Å². The molecule has 4 aromatic rings. The summed E-state index contributed by atoms with van der Waals surface area (Å²) >= 11 is 0. The molecule has 2 aliphatic heterocycles. The number of rotatable bonds is 6. The Bertz CT molecular complexity index is 1520. The number of halogens is 1. The minimum absolute atomic E-state index is 0.0897. The lowest BCUT2D eigenvalue weighted by Crippen LogP contribution is -2.44. The molecule has 1 amide bonds. The lowest BCUT2D eigenvalue weighted by atomic mass is 9.59. The molecule has 1 unspecified atom stereocenters. The number of hydrogen-bond donors (Lipinski definition) is 0. The van der Waals surface area contributed by atoms with E-state index in [2.05, 4.69) is 10.1 Å². The fourth-order valence-electron chi connectivity index (χ4n) is 5.08. The van der Waals surface area contributed by atoms with E-state index in [-0.39, 0.29) is 24.2 Å². The van der Waals surface area contributed by atoms with E-state index in [1.165, 1.54) is 17.2 Å². The fraction of sp³-hybridized carbons (Fsp3) is 0.296. The second-order valence-electron chi connectivity index (χ2n) is 9.54. The molecule has 10 heteroatoms. The zero-order valence-corrected chi connectivity index (χ0v) is 20.4. The second kappa shape index (κ2) is 9.03. The van der Waals surface area contributed by atoms with Gasteiger partial charge in [0.1, 0.15) is 23.7 Å². The average Bonchev–Trinajstić information content (AvgIpc) is 3.59. The van der Waals surface area contributed by atoms with Crippen molar-refractivity contribution >= 4 is 32.5 Å². The van der Waals surface area contributed by atoms with Crippen molar-refractivity contribution < 1.29 is 18.7 Å². The van der Waals surface area contributed by atoms with Gasteiger partial charge in [-0.25, -0.2) is 4.39 Å². The van der Waals surface area contributed by atoms with Gasteiger partial charge in [0.25, 0.3) is 5.91 Å². The summed E-state index contributed by atoms with van der Waals surface area (Å²) in [5, 5.41) is 3.80. The van der Waals surface area contributed by atoms with E-state index >= 15 is 4.39 Å². The summed E-state index contributed by atoms with van der Waals surface area (Å²) in [4.78, 5) is 18.3. The van der Waals surface area contributed by atoms with Crippen LogP contribution in [0.4, 0.5) is 4.39 Å². The molecule has 4 radical (unpaired) electrons. The number of aromatic nitrogens is 3. The van der Waals surface area contributed by atoms with Crippen molar-refractivity contribution in [3.05, 3.63) is 77.5 Å². The van der Waals surface area contributed by atoms with Crippen molar-refractivity contribution in [2.24, 2.45) is 7.05 Å². The first-order valence-corrected chi connectivity index (χ1v) is 12.2. The van der Waals surface area contributed by atoms with Crippen LogP contribution in [-0.4, -0.2) is 60.6 Å². The van der Waals surface area contributed by atoms with E-state index in [9.17, 15) is 4.79 Å². The predicted molar refractivity (Wildman–Crippen MR) is 138 cm³/mol. The molecule has 0 bridgehead atoms. The molecule has 0 aliphatic carbocycles. The number of ether oxygens (including phenoxy) is 2. The van der Waals surface area contributed by atoms with Crippen LogP contribution < -0.4 is 4.74 Å². The minimum Gasteiger partial charge on any atom is -0.489 e. The van der Waals surface area contributed by atoms with Crippen LogP contribution in [0.3, 0.4) is 0 Å². The average molecular weight is 492 g/mol. The topological polar surface area (TPSA) is 69.5 Å². The van der Waals surface area contributed by atoms with Gasteiger partial charge in [0.05, 0.1) is 33.1 Å². The summed E-state index contributed by atoms with van der Waals surface area (Å²) < 4.78 is 28.8. The van der Waals surface area contributed by atoms with Crippen LogP contribution in [0.25, 0.3) is 22.0 Å². The number of amides is 1. The molecule has 6 rings (SSSR count). The van der Waals surface area contributed by atoms with Crippen LogP contribution >= 0.6 is 0 Å². The van der Waals surface area contributed by atoms with E-state index in [4.69, 9.17) is 25.2 Å². The largest absolute Gasteiger partial charge is 0.489 e. The predicted octanol–water partition coefficient (Wildman–Crippen LogP) is 3.44. The molecule has 4 heterocycles. The maximum absolute atomic E-state index is 15.4. The number of aryl methyl sites for hydroxylation is 1. The molecule has 0 spiro atoms. The second-order valence-corrected chi connectivity index (χ2v) is 9.54. The number of fused-ring (bicyclic) bond motifs is 2. The van der Waals surface area contributed by atoms with Gasteiger partial charge in [-0.05, 0) is 54.3 Å². The lowest BCUT2D eigenvalue weighted by Gasteiger charge is -2.33. The van der Waals surface area contributed by atoms with Crippen LogP contribution in [0.15, 0.2) is 54.9 Å². The van der Waals surface area contributed by atoms with Gasteiger partial charge in [0.2, 0.25) is 0 Å². The third kappa shape index (κ3) is 4.09. The van der Waals surface area contributed by atoms with Crippen molar-refractivity contribution in [3.63, 3.8) is 0 Å². The number of benzene rings is 2. The maximum atomic E-state index is 15.4. The third-order valence-corrected chi connectivity index (χ3v) is 7.00. The molecule has 7 nitrogen and oxygen atoms in total. The highest BCUT2D eigenvalue weighted by molar-refractivity contribution is 6.42. The van der Waals surface area contributed by atoms with E-state index < -0.39 is 11.2 Å². The Kier molecular flexibility index (Phi) is 5.79. The highest BCUT2D eigenvalue weighted by Crippen LogP contribution is 2.37. The van der Waals surface area contributed by atoms with Gasteiger partial charge in [0.15, 0.2) is 0 Å². The van der Waals surface area contributed by atoms with Crippen LogP contribution in [0.1, 0.15) is 34.5 Å². The van der Waals surface area contributed by atoms with Gasteiger partial charge in [-0.15, -0.1) is 0 Å². The van der Waals surface area contributed by atoms with Crippen molar-refractivity contribution in [3.8, 4) is 16.9 Å². The van der Waals surface area contributed by atoms with Crippen LogP contribution in [-0.2, 0) is 23.7 Å². The highest BCUT2D eigenvalue weighted by atomic mass is 19.1. The molecule has 1 atom stereocenters. The zero-order valence-electron chi connectivity index (χ0n) is 20.4. The van der Waals surface area contributed by atoms with Crippen molar-refractivity contribution in [1.29, 1.82) is 0 Å². The molecule has 37 heavy (non-hydrogen) atoms. The first-order valence-electron chi connectivity index (χ1n) is 12.2. The van der Waals surface area contributed by atoms with E-state index in [0.717, 1.165) is 30.4 Å². The summed E-state index contributed by atoms with van der Waals surface area (Å²) in [6, 6.07) is 11.9. The molecule has 1 fully saturated rings. The van der Waals surface area contributed by atoms with Gasteiger partial charge in [-0.3, -0.25) is 14.5 Å². The summed E-state index contributed by atoms with van der Waals surface area (Å²) in [6.07, 6.45) is 5.53. The lowest BCUT2D eigenvalue weighted by molar-refractivity contribution is 0.0684. The summed E-state index contributed by atoms with van der Waals surface area (Å²) in [5.41, 5.74) is 3.09. The van der Waals surface area contributed by atoms with Gasteiger partial charge in [-0.2, -0.15) is 5.10 Å². The summed E-state index contributed by atoms with van der Waals surface area (Å²) in [5.74, 6) is -0.192. The van der Waals surface area contributed by atoms with Gasteiger partial charge in [0, 0.05) is 48.9 Å². The summed E-state index contributed by atoms with van der Waals surface area (Å²) in [6.45, 7) is 1.14. The van der Waals surface area contributed by atoms with Crippen molar-refractivity contribution in [1.82, 2.24) is 19.7 Å². The van der Waals surface area contributed by atoms with E-state index in [0.29, 0.717) is 34.6 Å². The van der Waals surface area contributed by atoms with Gasteiger partial charge >= 0.3 is 0 Å². The molecule has 182 valence electrons. The Labute approximate surface area is 216 Å². The number of hydrogen-bond acceptors (Lipinski definition) is 5. The normalized spacial score (nSPS) is 18.5. The molecule has 2 aliphatic rings. The summed E-state index contributed by atoms with van der Waals surface area (Å²) in [7, 11) is 14.3. The number of pyridine rings is 1. The van der Waals surface area contributed by atoms with Gasteiger partial charge < -0.3 is 14.4 Å². The first-order chi connectivity index (χ1) is 17.8. The zero-order chi connectivity index (χ0) is 25.7. The Morgan fingerprint density at radius 1 is 1.22 bits per heavy atom. The van der Waals surface area contributed by atoms with Crippen LogP contribution in [0.2, 0.25) is 0 Å². The standard InChI is InChI=1S/C27H23B2FN4O3/c1-33-14-21-19(8-9-23(24(21)32-33)37-15-18-4-3-11-36-18)16-6-7-17(22(30)12-16)13-34-26(35)20-5-2-10-31-25(20)27(34,28)29/h2,5-10,12,14,18H,3-4,11,13,15H2,1H3. The SMILES string of the molecule is [B]C1([B])c2ncccc2C(=O)N1Cc1ccc(-c2ccc(OCC3CCCO3)c3nn(C)cc23)cc1F. The molecular weight excluding hydrogens is 469 g/mol. The number of carbonyl (C=O) groups is 1. The van der Waals surface area contributed by atoms with Crippen LogP contribution in [0, 0.1) is 5.82 Å². The maximum Gasteiger partial charge on any atom is 0.255 e. The molecule has 2 aromatic heterocycles. The van der Waals surface area contributed by atoms with Crippen molar-refractivity contribution in [2.45, 2.75) is 30.8 Å². The van der Waals surface area contributed by atoms with E-state index in [1.807, 2.05) is 31.4 Å². The Hall–Kier alpha value is -3.65. The molecular formula is C27H23B2FN4O3. The number of carbonyl (C=O) groups excluding carboxylic acids is 1. The molecule has 0 N–H and O–H groups in total. The van der Waals surface area contributed by atoms with Gasteiger partial charge in [-0.1, -0.05) is 12.1 Å². The monoisotopic (exact) mass is 492 g/mol. The Balaban J connectivity index is 1.28. The third-order valence-electron chi connectivity index (χ3n) is 7.00.